The van der Waals surface area contributed by atoms with Gasteiger partial charge in [-0.25, -0.2) is 4.98 Å². The molecule has 2 aromatic heterocycles. The Labute approximate surface area is 170 Å². The van der Waals surface area contributed by atoms with Gasteiger partial charge in [0, 0.05) is 17.0 Å². The van der Waals surface area contributed by atoms with Crippen LogP contribution in [0, 0.1) is 6.92 Å². The number of hydrogen-bond donors (Lipinski definition) is 1. The minimum Gasteiger partial charge on any atom is -0.495 e. The van der Waals surface area contributed by atoms with E-state index in [4.69, 9.17) is 21.1 Å². The molecular weight excluding hydrogens is 402 g/mol. The molecule has 7 nitrogen and oxygen atoms in total. The van der Waals surface area contributed by atoms with E-state index in [9.17, 15) is 9.59 Å². The number of nitrogens with one attached hydrogen (secondary N) is 1. The molecule has 2 heterocycles. The number of benzene rings is 1. The van der Waals surface area contributed by atoms with Crippen molar-refractivity contribution >= 4 is 44.7 Å². The van der Waals surface area contributed by atoms with Crippen molar-refractivity contribution in [2.75, 3.05) is 19.5 Å². The number of aromatic nitrogens is 2. The normalized spacial score (nSPS) is 11.1. The Balaban J connectivity index is 2.06. The first-order chi connectivity index (χ1) is 13.3. The van der Waals surface area contributed by atoms with Crippen molar-refractivity contribution in [2.45, 2.75) is 26.8 Å². The highest BCUT2D eigenvalue weighted by Crippen LogP contribution is 2.37. The van der Waals surface area contributed by atoms with E-state index in [1.165, 1.54) is 31.9 Å². The number of ether oxygens (including phenoxy) is 2. The number of methoxy groups -OCH3 is 2. The van der Waals surface area contributed by atoms with Gasteiger partial charge >= 0.3 is 0 Å². The summed E-state index contributed by atoms with van der Waals surface area (Å²) in [4.78, 5) is 30.7. The van der Waals surface area contributed by atoms with Crippen LogP contribution < -0.4 is 20.3 Å². The number of fused-ring (bicyclic) bond motifs is 1. The number of anilines is 1. The fourth-order valence-corrected chi connectivity index (χ4v) is 4.15. The Morgan fingerprint density at radius 2 is 1.93 bits per heavy atom. The van der Waals surface area contributed by atoms with E-state index in [0.717, 1.165) is 0 Å². The molecule has 1 N–H and O–H groups in total. The summed E-state index contributed by atoms with van der Waals surface area (Å²) in [6.07, 6.45) is 1.48. The zero-order chi connectivity index (χ0) is 20.6. The smallest absolute Gasteiger partial charge is 0.271 e. The maximum absolute atomic E-state index is 13.0. The van der Waals surface area contributed by atoms with Gasteiger partial charge in [-0.1, -0.05) is 11.6 Å². The number of carbonyl (C=O) groups excluding carboxylic acids is 1. The SMILES string of the molecule is COc1cc(OC)c(NC(=O)c2c(C)sc3c(=O)n(C(C)C)cnc23)cc1Cl. The highest BCUT2D eigenvalue weighted by molar-refractivity contribution is 7.19. The Hall–Kier alpha value is -2.58. The minimum atomic E-state index is -0.391. The van der Waals surface area contributed by atoms with Gasteiger partial charge in [-0.2, -0.15) is 0 Å². The monoisotopic (exact) mass is 421 g/mol. The van der Waals surface area contributed by atoms with Crippen LogP contribution in [0.3, 0.4) is 0 Å². The number of halogens is 1. The predicted molar refractivity (Wildman–Crippen MR) is 112 cm³/mol. The molecule has 0 saturated heterocycles. The first-order valence-electron chi connectivity index (χ1n) is 8.51. The largest absolute Gasteiger partial charge is 0.495 e. The summed E-state index contributed by atoms with van der Waals surface area (Å²) in [6.45, 7) is 5.60. The van der Waals surface area contributed by atoms with Crippen LogP contribution in [0.25, 0.3) is 10.2 Å². The predicted octanol–water partition coefficient (Wildman–Crippen LogP) is 4.27. The molecule has 9 heteroatoms. The second-order valence-electron chi connectivity index (χ2n) is 6.40. The first-order valence-corrected chi connectivity index (χ1v) is 9.71. The highest BCUT2D eigenvalue weighted by atomic mass is 35.5. The van der Waals surface area contributed by atoms with Crippen LogP contribution in [0.2, 0.25) is 5.02 Å². The molecular formula is C19H20ClN3O4S. The number of carbonyl (C=O) groups is 1. The summed E-state index contributed by atoms with van der Waals surface area (Å²) in [5.41, 5.74) is 0.993. The molecule has 0 bridgehead atoms. The van der Waals surface area contributed by atoms with Crippen molar-refractivity contribution < 1.29 is 14.3 Å². The number of thiophene rings is 1. The standard InChI is InChI=1S/C19H20ClN3O4S/c1-9(2)23-8-21-16-15(10(3)28-17(16)19(23)25)18(24)22-12-6-11(20)13(26-4)7-14(12)27-5/h6-9H,1-5H3,(H,22,24). The molecule has 1 amide bonds. The Bertz CT molecular complexity index is 1120. The second kappa shape index (κ2) is 7.81. The van der Waals surface area contributed by atoms with E-state index in [2.05, 4.69) is 10.3 Å². The third-order valence-corrected chi connectivity index (χ3v) is 5.68. The highest BCUT2D eigenvalue weighted by Gasteiger charge is 2.22. The van der Waals surface area contributed by atoms with Gasteiger partial charge in [0.15, 0.2) is 0 Å². The van der Waals surface area contributed by atoms with Gasteiger partial charge in [-0.15, -0.1) is 11.3 Å². The van der Waals surface area contributed by atoms with E-state index in [1.54, 1.807) is 23.6 Å². The maximum atomic E-state index is 13.0. The van der Waals surface area contributed by atoms with Crippen molar-refractivity contribution in [3.63, 3.8) is 0 Å². The minimum absolute atomic E-state index is 0.0187. The molecule has 0 saturated carbocycles. The Morgan fingerprint density at radius 3 is 2.54 bits per heavy atom. The van der Waals surface area contributed by atoms with Crippen LogP contribution in [0.1, 0.15) is 35.1 Å². The lowest BCUT2D eigenvalue weighted by molar-refractivity contribution is 0.102. The number of nitrogens with zero attached hydrogens (tertiary/aromatic N) is 2. The molecule has 0 fully saturated rings. The van der Waals surface area contributed by atoms with Gasteiger partial charge in [0.05, 0.1) is 36.8 Å². The lowest BCUT2D eigenvalue weighted by atomic mass is 10.2. The molecule has 0 aliphatic heterocycles. The number of aryl methyl sites for hydroxylation is 1. The number of hydrogen-bond acceptors (Lipinski definition) is 6. The third-order valence-electron chi connectivity index (χ3n) is 4.30. The summed E-state index contributed by atoms with van der Waals surface area (Å²) in [7, 11) is 2.98. The van der Waals surface area contributed by atoms with Crippen LogP contribution in [0.15, 0.2) is 23.3 Å². The molecule has 0 atom stereocenters. The van der Waals surface area contributed by atoms with Gasteiger partial charge < -0.3 is 14.8 Å². The quantitative estimate of drug-likeness (QED) is 0.665. The lowest BCUT2D eigenvalue weighted by Crippen LogP contribution is -2.22. The van der Waals surface area contributed by atoms with Crippen molar-refractivity contribution in [3.05, 3.63) is 44.3 Å². The fraction of sp³-hybridized carbons (Fsp3) is 0.316. The molecule has 0 radical (unpaired) electrons. The van der Waals surface area contributed by atoms with Crippen LogP contribution in [0.5, 0.6) is 11.5 Å². The lowest BCUT2D eigenvalue weighted by Gasteiger charge is -2.13. The molecule has 0 spiro atoms. The van der Waals surface area contributed by atoms with Gasteiger partial charge in [0.1, 0.15) is 21.7 Å². The van der Waals surface area contributed by atoms with Gasteiger partial charge in [-0.3, -0.25) is 14.2 Å². The average molecular weight is 422 g/mol. The summed E-state index contributed by atoms with van der Waals surface area (Å²) in [5.74, 6) is 0.448. The van der Waals surface area contributed by atoms with E-state index < -0.39 is 5.91 Å². The van der Waals surface area contributed by atoms with Crippen molar-refractivity contribution in [3.8, 4) is 11.5 Å². The number of rotatable bonds is 5. The van der Waals surface area contributed by atoms with Crippen molar-refractivity contribution in [2.24, 2.45) is 0 Å². The second-order valence-corrected chi connectivity index (χ2v) is 8.03. The van der Waals surface area contributed by atoms with Crippen molar-refractivity contribution in [1.82, 2.24) is 9.55 Å². The molecule has 0 aliphatic carbocycles. The molecule has 1 aromatic carbocycles. The van der Waals surface area contributed by atoms with Gasteiger partial charge in [0.2, 0.25) is 0 Å². The Kier molecular flexibility index (Phi) is 5.62. The van der Waals surface area contributed by atoms with E-state index in [0.29, 0.717) is 42.9 Å². The van der Waals surface area contributed by atoms with E-state index in [1.807, 2.05) is 13.8 Å². The third kappa shape index (κ3) is 3.45. The summed E-state index contributed by atoms with van der Waals surface area (Å²) < 4.78 is 12.5. The first kappa shape index (κ1) is 20.2. The van der Waals surface area contributed by atoms with Gasteiger partial charge in [-0.05, 0) is 26.8 Å². The number of amides is 1. The van der Waals surface area contributed by atoms with E-state index >= 15 is 0 Å². The molecule has 0 unspecified atom stereocenters. The van der Waals surface area contributed by atoms with Crippen LogP contribution in [-0.4, -0.2) is 29.7 Å². The fourth-order valence-electron chi connectivity index (χ4n) is 2.87. The van der Waals surface area contributed by atoms with Crippen LogP contribution >= 0.6 is 22.9 Å². The molecule has 148 valence electrons. The topological polar surface area (TPSA) is 82.5 Å². The van der Waals surface area contributed by atoms with Crippen molar-refractivity contribution in [1.29, 1.82) is 0 Å². The zero-order valence-corrected chi connectivity index (χ0v) is 17.7. The molecule has 28 heavy (non-hydrogen) atoms. The van der Waals surface area contributed by atoms with Gasteiger partial charge in [0.25, 0.3) is 11.5 Å². The summed E-state index contributed by atoms with van der Waals surface area (Å²) in [5, 5.41) is 3.14. The average Bonchev–Trinajstić information content (AvgIpc) is 2.99. The summed E-state index contributed by atoms with van der Waals surface area (Å²) >= 11 is 7.44. The zero-order valence-electron chi connectivity index (χ0n) is 16.1. The Morgan fingerprint density at radius 1 is 1.25 bits per heavy atom. The molecule has 0 aliphatic rings. The summed E-state index contributed by atoms with van der Waals surface area (Å²) in [6, 6.07) is 3.13. The molecule has 3 aromatic rings. The maximum Gasteiger partial charge on any atom is 0.271 e. The van der Waals surface area contributed by atoms with E-state index in [-0.39, 0.29) is 11.6 Å². The molecule has 3 rings (SSSR count). The van der Waals surface area contributed by atoms with Crippen LogP contribution in [0.4, 0.5) is 5.69 Å². The van der Waals surface area contributed by atoms with Crippen LogP contribution in [-0.2, 0) is 0 Å².